The van der Waals surface area contributed by atoms with Crippen LogP contribution >= 0.6 is 0 Å². The summed E-state index contributed by atoms with van der Waals surface area (Å²) in [5, 5.41) is 8.97. The van der Waals surface area contributed by atoms with E-state index in [9.17, 15) is 9.59 Å². The van der Waals surface area contributed by atoms with Gasteiger partial charge in [0, 0.05) is 18.0 Å². The zero-order valence-corrected chi connectivity index (χ0v) is 17.2. The van der Waals surface area contributed by atoms with Gasteiger partial charge in [-0.2, -0.15) is 5.10 Å². The van der Waals surface area contributed by atoms with Gasteiger partial charge in [-0.3, -0.25) is 9.59 Å². The lowest BCUT2D eigenvalue weighted by Crippen LogP contribution is -2.25. The van der Waals surface area contributed by atoms with Gasteiger partial charge in [-0.25, -0.2) is 5.01 Å². The van der Waals surface area contributed by atoms with Crippen LogP contribution in [-0.2, 0) is 16.0 Å². The van der Waals surface area contributed by atoms with Crippen molar-refractivity contribution in [2.45, 2.75) is 25.7 Å². The Morgan fingerprint density at radius 1 is 1.07 bits per heavy atom. The summed E-state index contributed by atoms with van der Waals surface area (Å²) >= 11 is 0. The highest BCUT2D eigenvalue weighted by molar-refractivity contribution is 6.03. The lowest BCUT2D eigenvalue weighted by molar-refractivity contribution is -0.130. The summed E-state index contributed by atoms with van der Waals surface area (Å²) in [6.07, 6.45) is 2.90. The summed E-state index contributed by atoms with van der Waals surface area (Å²) < 4.78 is 10.5. The van der Waals surface area contributed by atoms with E-state index in [4.69, 9.17) is 9.47 Å². The first-order valence-electron chi connectivity index (χ1n) is 10.1. The number of carbonyl (C=O) groups excluding carboxylic acids is 2. The molecule has 2 aromatic carbocycles. The number of anilines is 1. The summed E-state index contributed by atoms with van der Waals surface area (Å²) in [5.74, 6) is 1.43. The Hall–Kier alpha value is -3.35. The molecule has 7 nitrogen and oxygen atoms in total. The maximum absolute atomic E-state index is 12.7. The third-order valence-electron chi connectivity index (χ3n) is 5.33. The smallest absolute Gasteiger partial charge is 0.247 e. The summed E-state index contributed by atoms with van der Waals surface area (Å²) in [6, 6.07) is 13.1. The van der Waals surface area contributed by atoms with Crippen LogP contribution in [0.15, 0.2) is 47.6 Å². The number of amides is 2. The quantitative estimate of drug-likeness (QED) is 0.764. The lowest BCUT2D eigenvalue weighted by atomic mass is 10.1. The molecule has 0 atom stereocenters. The van der Waals surface area contributed by atoms with E-state index in [0.717, 1.165) is 35.4 Å². The fourth-order valence-corrected chi connectivity index (χ4v) is 3.43. The van der Waals surface area contributed by atoms with Crippen molar-refractivity contribution in [2.24, 2.45) is 11.0 Å². The molecule has 7 heteroatoms. The number of hydrazone groups is 1. The molecule has 1 N–H and O–H groups in total. The van der Waals surface area contributed by atoms with Crippen LogP contribution in [0.1, 0.15) is 30.4 Å². The Bertz CT molecular complexity index is 980. The number of ether oxygens (including phenoxy) is 2. The first-order valence-corrected chi connectivity index (χ1v) is 10.1. The Morgan fingerprint density at radius 2 is 1.80 bits per heavy atom. The number of methoxy groups -OCH3 is 2. The monoisotopic (exact) mass is 407 g/mol. The highest BCUT2D eigenvalue weighted by Gasteiger charge is 2.29. The minimum Gasteiger partial charge on any atom is -0.493 e. The second-order valence-corrected chi connectivity index (χ2v) is 7.52. The number of carbonyl (C=O) groups is 2. The number of hydrogen-bond acceptors (Lipinski definition) is 5. The fourth-order valence-electron chi connectivity index (χ4n) is 3.43. The largest absolute Gasteiger partial charge is 0.493 e. The average molecular weight is 407 g/mol. The zero-order valence-electron chi connectivity index (χ0n) is 17.2. The van der Waals surface area contributed by atoms with E-state index in [2.05, 4.69) is 10.4 Å². The van der Waals surface area contributed by atoms with E-state index in [1.54, 1.807) is 20.3 Å². The van der Waals surface area contributed by atoms with Gasteiger partial charge in [-0.1, -0.05) is 18.2 Å². The van der Waals surface area contributed by atoms with Gasteiger partial charge >= 0.3 is 0 Å². The average Bonchev–Trinajstić information content (AvgIpc) is 3.51. The second kappa shape index (κ2) is 8.57. The molecule has 1 aliphatic heterocycles. The summed E-state index contributed by atoms with van der Waals surface area (Å²) in [7, 11) is 3.15. The van der Waals surface area contributed by atoms with Crippen LogP contribution in [0, 0.1) is 5.92 Å². The Balaban J connectivity index is 1.39. The molecule has 0 aromatic heterocycles. The first-order chi connectivity index (χ1) is 14.6. The molecule has 30 heavy (non-hydrogen) atoms. The predicted octanol–water partition coefficient (Wildman–Crippen LogP) is 3.23. The third-order valence-corrected chi connectivity index (χ3v) is 5.33. The van der Waals surface area contributed by atoms with E-state index in [0.29, 0.717) is 24.5 Å². The van der Waals surface area contributed by atoms with Crippen LogP contribution < -0.4 is 14.8 Å². The number of nitrogens with one attached hydrogen (secondary N) is 1. The van der Waals surface area contributed by atoms with Gasteiger partial charge in [0.2, 0.25) is 11.8 Å². The van der Waals surface area contributed by atoms with E-state index in [1.165, 1.54) is 5.01 Å². The summed E-state index contributed by atoms with van der Waals surface area (Å²) in [6.45, 7) is 0.557. The van der Waals surface area contributed by atoms with Crippen LogP contribution in [-0.4, -0.2) is 43.3 Å². The molecule has 2 aliphatic rings. The molecule has 4 rings (SSSR count). The topological polar surface area (TPSA) is 80.2 Å². The fraction of sp³-hybridized carbons (Fsp3) is 0.348. The van der Waals surface area contributed by atoms with E-state index in [-0.39, 0.29) is 24.2 Å². The van der Waals surface area contributed by atoms with Gasteiger partial charge in [0.1, 0.15) is 0 Å². The van der Waals surface area contributed by atoms with Gasteiger partial charge < -0.3 is 14.8 Å². The Morgan fingerprint density at radius 3 is 2.47 bits per heavy atom. The molecule has 156 valence electrons. The zero-order chi connectivity index (χ0) is 21.1. The van der Waals surface area contributed by atoms with Crippen LogP contribution in [0.5, 0.6) is 11.5 Å². The number of rotatable bonds is 7. The molecular formula is C23H25N3O4. The minimum absolute atomic E-state index is 0.0643. The van der Waals surface area contributed by atoms with E-state index in [1.807, 2.05) is 36.4 Å². The van der Waals surface area contributed by atoms with Crippen molar-refractivity contribution < 1.29 is 19.1 Å². The molecule has 0 radical (unpaired) electrons. The molecule has 0 saturated heterocycles. The molecule has 0 bridgehead atoms. The summed E-state index contributed by atoms with van der Waals surface area (Å²) in [4.78, 5) is 24.6. The second-order valence-electron chi connectivity index (χ2n) is 7.52. The van der Waals surface area contributed by atoms with E-state index < -0.39 is 0 Å². The highest BCUT2D eigenvalue weighted by Crippen LogP contribution is 2.30. The van der Waals surface area contributed by atoms with Gasteiger partial charge in [0.15, 0.2) is 11.5 Å². The molecule has 1 heterocycles. The normalized spacial score (nSPS) is 15.5. The standard InChI is InChI=1S/C23H25N3O4/c1-29-20-10-3-15(13-21(20)30-2)14-22(27)26-12-11-19(25-26)16-6-8-18(9-7-16)24-23(28)17-4-5-17/h3,6-10,13,17H,4-5,11-12,14H2,1-2H3,(H,24,28). The molecule has 0 spiro atoms. The molecule has 1 aliphatic carbocycles. The van der Waals surface area contributed by atoms with Crippen molar-refractivity contribution in [2.75, 3.05) is 26.1 Å². The lowest BCUT2D eigenvalue weighted by Gasteiger charge is -2.13. The Kier molecular flexibility index (Phi) is 5.70. The molecule has 0 unspecified atom stereocenters. The van der Waals surface area contributed by atoms with Gasteiger partial charge in [-0.15, -0.1) is 0 Å². The van der Waals surface area contributed by atoms with Crippen molar-refractivity contribution in [3.8, 4) is 11.5 Å². The molecule has 2 amide bonds. The van der Waals surface area contributed by atoms with Crippen LogP contribution in [0.3, 0.4) is 0 Å². The molecule has 2 aromatic rings. The Labute approximate surface area is 175 Å². The van der Waals surface area contributed by atoms with Gasteiger partial charge in [0.25, 0.3) is 0 Å². The van der Waals surface area contributed by atoms with E-state index >= 15 is 0 Å². The maximum atomic E-state index is 12.7. The number of benzene rings is 2. The molecule has 1 fully saturated rings. The number of nitrogens with zero attached hydrogens (tertiary/aromatic N) is 2. The molecular weight excluding hydrogens is 382 g/mol. The molecule has 1 saturated carbocycles. The number of hydrogen-bond donors (Lipinski definition) is 1. The minimum atomic E-state index is -0.0643. The maximum Gasteiger partial charge on any atom is 0.247 e. The van der Waals surface area contributed by atoms with Gasteiger partial charge in [-0.05, 0) is 48.2 Å². The highest BCUT2D eigenvalue weighted by atomic mass is 16.5. The van der Waals surface area contributed by atoms with Crippen molar-refractivity contribution in [1.29, 1.82) is 0 Å². The van der Waals surface area contributed by atoms with Crippen LogP contribution in [0.2, 0.25) is 0 Å². The van der Waals surface area contributed by atoms with Crippen LogP contribution in [0.4, 0.5) is 5.69 Å². The first kappa shape index (κ1) is 19.9. The van der Waals surface area contributed by atoms with Crippen molar-refractivity contribution >= 4 is 23.2 Å². The van der Waals surface area contributed by atoms with Gasteiger partial charge in [0.05, 0.1) is 32.9 Å². The van der Waals surface area contributed by atoms with Crippen LogP contribution in [0.25, 0.3) is 0 Å². The van der Waals surface area contributed by atoms with Crippen molar-refractivity contribution in [3.05, 3.63) is 53.6 Å². The SMILES string of the molecule is COc1ccc(CC(=O)N2CCC(c3ccc(NC(=O)C4CC4)cc3)=N2)cc1OC. The predicted molar refractivity (Wildman–Crippen MR) is 114 cm³/mol. The third kappa shape index (κ3) is 4.45. The van der Waals surface area contributed by atoms with Crippen molar-refractivity contribution in [1.82, 2.24) is 5.01 Å². The summed E-state index contributed by atoms with van der Waals surface area (Å²) in [5.41, 5.74) is 3.46. The van der Waals surface area contributed by atoms with Crippen molar-refractivity contribution in [3.63, 3.8) is 0 Å².